The summed E-state index contributed by atoms with van der Waals surface area (Å²) in [5.41, 5.74) is 3.07. The number of rotatable bonds is 8. The summed E-state index contributed by atoms with van der Waals surface area (Å²) < 4.78 is 33.3. The van der Waals surface area contributed by atoms with Gasteiger partial charge in [-0.3, -0.25) is 9.10 Å². The zero-order valence-corrected chi connectivity index (χ0v) is 20.2. The predicted octanol–water partition coefficient (Wildman–Crippen LogP) is 4.44. The normalized spacial score (nSPS) is 13.5. The molecule has 0 spiro atoms. The van der Waals surface area contributed by atoms with Crippen LogP contribution in [0.5, 0.6) is 5.75 Å². The molecule has 0 saturated carbocycles. The molecule has 34 heavy (non-hydrogen) atoms. The van der Waals surface area contributed by atoms with Crippen molar-refractivity contribution in [1.29, 1.82) is 0 Å². The molecule has 0 aliphatic carbocycles. The largest absolute Gasteiger partial charge is 0.497 e. The van der Waals surface area contributed by atoms with Gasteiger partial charge in [-0.25, -0.2) is 8.42 Å². The fourth-order valence-corrected chi connectivity index (χ4v) is 5.38. The molecular formula is C26H29N3O4S. The number of nitrogens with zero attached hydrogens (tertiary/aromatic N) is 2. The number of aryl methyl sites for hydroxylation is 1. The Morgan fingerprint density at radius 2 is 1.56 bits per heavy atom. The van der Waals surface area contributed by atoms with Crippen LogP contribution in [0.15, 0.2) is 77.7 Å². The number of hydrogen-bond acceptors (Lipinski definition) is 5. The number of nitrogens with one attached hydrogen (secondary N) is 1. The second-order valence-electron chi connectivity index (χ2n) is 8.31. The molecule has 0 bridgehead atoms. The molecule has 1 heterocycles. The van der Waals surface area contributed by atoms with Crippen molar-refractivity contribution in [3.05, 3.63) is 78.4 Å². The second-order valence-corrected chi connectivity index (χ2v) is 10.2. The van der Waals surface area contributed by atoms with Crippen molar-refractivity contribution in [3.63, 3.8) is 0 Å². The van der Waals surface area contributed by atoms with Crippen LogP contribution in [0, 0.1) is 6.92 Å². The highest BCUT2D eigenvalue weighted by molar-refractivity contribution is 7.92. The smallest absolute Gasteiger partial charge is 0.264 e. The van der Waals surface area contributed by atoms with Crippen LogP contribution in [0.4, 0.5) is 17.1 Å². The Balaban J connectivity index is 1.56. The van der Waals surface area contributed by atoms with Crippen molar-refractivity contribution in [2.45, 2.75) is 24.7 Å². The molecule has 1 amide bonds. The topological polar surface area (TPSA) is 79.0 Å². The quantitative estimate of drug-likeness (QED) is 0.517. The minimum absolute atomic E-state index is 0.122. The van der Waals surface area contributed by atoms with Gasteiger partial charge in [-0.1, -0.05) is 17.7 Å². The van der Waals surface area contributed by atoms with Crippen LogP contribution in [0.1, 0.15) is 18.4 Å². The summed E-state index contributed by atoms with van der Waals surface area (Å²) >= 11 is 0. The molecule has 178 valence electrons. The first kappa shape index (κ1) is 23.6. The van der Waals surface area contributed by atoms with Crippen LogP contribution >= 0.6 is 0 Å². The molecule has 4 rings (SSSR count). The number of benzene rings is 3. The molecule has 0 unspecified atom stereocenters. The summed E-state index contributed by atoms with van der Waals surface area (Å²) in [6.45, 7) is 3.61. The minimum atomic E-state index is -3.97. The van der Waals surface area contributed by atoms with Gasteiger partial charge in [0.25, 0.3) is 10.0 Å². The fraction of sp³-hybridized carbons (Fsp3) is 0.269. The molecule has 0 aromatic heterocycles. The standard InChI is InChI=1S/C26H29N3O4S/c1-20-5-15-25(16-6-20)34(31,32)29(23-11-13-24(33-2)14-12-23)19-26(30)27-21-7-9-22(10-8-21)28-17-3-4-18-28/h5-16H,3-4,17-19H2,1-2H3,(H,27,30). The van der Waals surface area contributed by atoms with Crippen LogP contribution in [-0.2, 0) is 14.8 Å². The van der Waals surface area contributed by atoms with Gasteiger partial charge in [-0.15, -0.1) is 0 Å². The summed E-state index contributed by atoms with van der Waals surface area (Å²) in [4.78, 5) is 15.4. The third kappa shape index (κ3) is 5.34. The lowest BCUT2D eigenvalue weighted by atomic mass is 10.2. The molecule has 0 atom stereocenters. The molecule has 3 aromatic carbocycles. The van der Waals surface area contributed by atoms with E-state index in [9.17, 15) is 13.2 Å². The van der Waals surface area contributed by atoms with E-state index in [1.807, 2.05) is 31.2 Å². The molecule has 1 saturated heterocycles. The van der Waals surface area contributed by atoms with E-state index in [1.165, 1.54) is 20.0 Å². The zero-order chi connectivity index (χ0) is 24.1. The SMILES string of the molecule is COc1ccc(N(CC(=O)Nc2ccc(N3CCCC3)cc2)S(=O)(=O)c2ccc(C)cc2)cc1. The van der Waals surface area contributed by atoms with E-state index in [0.717, 1.165) is 28.6 Å². The van der Waals surface area contributed by atoms with Gasteiger partial charge in [0, 0.05) is 24.5 Å². The molecule has 0 radical (unpaired) electrons. The predicted molar refractivity (Wildman–Crippen MR) is 135 cm³/mol. The van der Waals surface area contributed by atoms with Gasteiger partial charge in [-0.05, 0) is 80.4 Å². The summed E-state index contributed by atoms with van der Waals surface area (Å²) in [6, 6.07) is 20.8. The Labute approximate surface area is 201 Å². The molecule has 1 N–H and O–H groups in total. The van der Waals surface area contributed by atoms with Gasteiger partial charge < -0.3 is 15.0 Å². The number of hydrogen-bond donors (Lipinski definition) is 1. The van der Waals surface area contributed by atoms with Crippen molar-refractivity contribution in [1.82, 2.24) is 0 Å². The molecule has 1 aliphatic rings. The van der Waals surface area contributed by atoms with E-state index in [2.05, 4.69) is 10.2 Å². The highest BCUT2D eigenvalue weighted by atomic mass is 32.2. The summed E-state index contributed by atoms with van der Waals surface area (Å²) in [7, 11) is -2.43. The monoisotopic (exact) mass is 479 g/mol. The highest BCUT2D eigenvalue weighted by Gasteiger charge is 2.27. The molecule has 3 aromatic rings. The van der Waals surface area contributed by atoms with Crippen molar-refractivity contribution >= 4 is 33.0 Å². The van der Waals surface area contributed by atoms with Crippen molar-refractivity contribution in [2.75, 3.05) is 41.3 Å². The van der Waals surface area contributed by atoms with Gasteiger partial charge in [0.15, 0.2) is 0 Å². The van der Waals surface area contributed by atoms with Gasteiger partial charge in [0.05, 0.1) is 17.7 Å². The first-order valence-corrected chi connectivity index (χ1v) is 12.7. The maximum absolute atomic E-state index is 13.5. The first-order chi connectivity index (χ1) is 16.4. The van der Waals surface area contributed by atoms with Crippen LogP contribution in [0.2, 0.25) is 0 Å². The Morgan fingerprint density at radius 1 is 0.941 bits per heavy atom. The Morgan fingerprint density at radius 3 is 2.15 bits per heavy atom. The maximum atomic E-state index is 13.5. The first-order valence-electron chi connectivity index (χ1n) is 11.3. The van der Waals surface area contributed by atoms with Gasteiger partial charge in [0.1, 0.15) is 12.3 Å². The number of sulfonamides is 1. The number of methoxy groups -OCH3 is 1. The third-order valence-electron chi connectivity index (χ3n) is 5.88. The summed E-state index contributed by atoms with van der Waals surface area (Å²) in [5, 5.41) is 2.83. The van der Waals surface area contributed by atoms with Crippen LogP contribution in [-0.4, -0.2) is 41.1 Å². The number of carbonyl (C=O) groups is 1. The van der Waals surface area contributed by atoms with E-state index in [0.29, 0.717) is 17.1 Å². The molecular weight excluding hydrogens is 450 g/mol. The number of carbonyl (C=O) groups excluding carboxylic acids is 1. The van der Waals surface area contributed by atoms with Crippen LogP contribution < -0.4 is 19.3 Å². The lowest BCUT2D eigenvalue weighted by molar-refractivity contribution is -0.114. The Hall–Kier alpha value is -3.52. The summed E-state index contributed by atoms with van der Waals surface area (Å²) in [5.74, 6) is 0.166. The van der Waals surface area contributed by atoms with E-state index in [4.69, 9.17) is 4.74 Å². The van der Waals surface area contributed by atoms with E-state index >= 15 is 0 Å². The zero-order valence-electron chi connectivity index (χ0n) is 19.4. The summed E-state index contributed by atoms with van der Waals surface area (Å²) in [6.07, 6.45) is 2.38. The molecule has 1 fully saturated rings. The Kier molecular flexibility index (Phi) is 7.07. The van der Waals surface area contributed by atoms with E-state index in [1.54, 1.807) is 48.5 Å². The lowest BCUT2D eigenvalue weighted by Gasteiger charge is -2.24. The molecule has 7 nitrogen and oxygen atoms in total. The Bertz CT molecular complexity index is 1220. The van der Waals surface area contributed by atoms with Gasteiger partial charge in [0.2, 0.25) is 5.91 Å². The van der Waals surface area contributed by atoms with E-state index < -0.39 is 15.9 Å². The fourth-order valence-electron chi connectivity index (χ4n) is 3.96. The van der Waals surface area contributed by atoms with Gasteiger partial charge >= 0.3 is 0 Å². The van der Waals surface area contributed by atoms with Crippen molar-refractivity contribution in [2.24, 2.45) is 0 Å². The van der Waals surface area contributed by atoms with Gasteiger partial charge in [-0.2, -0.15) is 0 Å². The second kappa shape index (κ2) is 10.2. The minimum Gasteiger partial charge on any atom is -0.497 e. The molecule has 1 aliphatic heterocycles. The number of ether oxygens (including phenoxy) is 1. The number of amides is 1. The highest BCUT2D eigenvalue weighted by Crippen LogP contribution is 2.27. The maximum Gasteiger partial charge on any atom is 0.264 e. The average molecular weight is 480 g/mol. The van der Waals surface area contributed by atoms with Crippen molar-refractivity contribution in [3.8, 4) is 5.75 Å². The van der Waals surface area contributed by atoms with Crippen LogP contribution in [0.25, 0.3) is 0 Å². The number of anilines is 3. The third-order valence-corrected chi connectivity index (χ3v) is 7.67. The van der Waals surface area contributed by atoms with Crippen molar-refractivity contribution < 1.29 is 17.9 Å². The lowest BCUT2D eigenvalue weighted by Crippen LogP contribution is -2.38. The molecule has 8 heteroatoms. The van der Waals surface area contributed by atoms with E-state index in [-0.39, 0.29) is 11.4 Å². The average Bonchev–Trinajstić information content (AvgIpc) is 3.38. The van der Waals surface area contributed by atoms with Crippen LogP contribution in [0.3, 0.4) is 0 Å².